The van der Waals surface area contributed by atoms with Crippen molar-refractivity contribution in [1.82, 2.24) is 10.1 Å². The zero-order valence-corrected chi connectivity index (χ0v) is 15.0. The Bertz CT molecular complexity index is 937. The van der Waals surface area contributed by atoms with Crippen LogP contribution in [0.4, 0.5) is 5.69 Å². The van der Waals surface area contributed by atoms with Gasteiger partial charge in [0.2, 0.25) is 11.7 Å². The van der Waals surface area contributed by atoms with Crippen molar-refractivity contribution in [3.05, 3.63) is 58.4 Å². The molecule has 126 valence electrons. The minimum absolute atomic E-state index is 0.00374. The van der Waals surface area contributed by atoms with E-state index in [1.807, 2.05) is 49.4 Å². The Hall–Kier alpha value is -2.67. The van der Waals surface area contributed by atoms with Crippen LogP contribution in [0.15, 0.2) is 51.5 Å². The van der Waals surface area contributed by atoms with Crippen LogP contribution in [0, 0.1) is 6.92 Å². The number of ether oxygens (including phenoxy) is 1. The maximum Gasteiger partial charge on any atom is 0.265 e. The number of hydrogen-bond acceptors (Lipinski definition) is 5. The second-order valence-electron chi connectivity index (χ2n) is 5.76. The number of anilines is 1. The first-order chi connectivity index (χ1) is 12.1. The van der Waals surface area contributed by atoms with Crippen molar-refractivity contribution in [2.75, 3.05) is 11.5 Å². The van der Waals surface area contributed by atoms with Crippen molar-refractivity contribution in [2.45, 2.75) is 13.5 Å². The van der Waals surface area contributed by atoms with Gasteiger partial charge in [0, 0.05) is 10.0 Å². The van der Waals surface area contributed by atoms with E-state index in [4.69, 9.17) is 9.26 Å². The minimum atomic E-state index is -0.138. The van der Waals surface area contributed by atoms with Crippen LogP contribution in [0.3, 0.4) is 0 Å². The number of benzene rings is 2. The van der Waals surface area contributed by atoms with Gasteiger partial charge < -0.3 is 9.26 Å². The Kier molecular flexibility index (Phi) is 4.01. The van der Waals surface area contributed by atoms with Crippen molar-refractivity contribution in [3.63, 3.8) is 0 Å². The van der Waals surface area contributed by atoms with Gasteiger partial charge in [0.1, 0.15) is 12.3 Å². The third kappa shape index (κ3) is 3.15. The lowest BCUT2D eigenvalue weighted by Crippen LogP contribution is -2.38. The zero-order valence-electron chi connectivity index (χ0n) is 13.4. The molecule has 4 rings (SSSR count). The fourth-order valence-corrected chi connectivity index (χ4v) is 2.92. The van der Waals surface area contributed by atoms with Gasteiger partial charge in [-0.3, -0.25) is 9.69 Å². The summed E-state index contributed by atoms with van der Waals surface area (Å²) < 4.78 is 11.8. The van der Waals surface area contributed by atoms with Gasteiger partial charge in [0.15, 0.2) is 6.61 Å². The number of halogens is 1. The highest BCUT2D eigenvalue weighted by Gasteiger charge is 2.27. The summed E-state index contributed by atoms with van der Waals surface area (Å²) in [7, 11) is 0. The van der Waals surface area contributed by atoms with Crippen molar-refractivity contribution >= 4 is 27.5 Å². The normalized spacial score (nSPS) is 13.5. The smallest absolute Gasteiger partial charge is 0.265 e. The number of fused-ring (bicyclic) bond motifs is 1. The summed E-state index contributed by atoms with van der Waals surface area (Å²) in [6.07, 6.45) is 0. The molecule has 0 radical (unpaired) electrons. The molecule has 3 aromatic rings. The van der Waals surface area contributed by atoms with E-state index < -0.39 is 0 Å². The minimum Gasteiger partial charge on any atom is -0.482 e. The molecule has 1 aromatic heterocycles. The highest BCUT2D eigenvalue weighted by molar-refractivity contribution is 9.10. The lowest BCUT2D eigenvalue weighted by atomic mass is 10.1. The van der Waals surface area contributed by atoms with E-state index in [0.717, 1.165) is 21.3 Å². The van der Waals surface area contributed by atoms with Crippen LogP contribution < -0.4 is 9.64 Å². The molecule has 0 fully saturated rings. The average molecular weight is 400 g/mol. The van der Waals surface area contributed by atoms with E-state index in [1.165, 1.54) is 0 Å². The van der Waals surface area contributed by atoms with Crippen LogP contribution in [-0.4, -0.2) is 22.7 Å². The van der Waals surface area contributed by atoms with Crippen molar-refractivity contribution in [2.24, 2.45) is 0 Å². The molecule has 0 unspecified atom stereocenters. The molecular formula is C18H14BrN3O3. The zero-order chi connectivity index (χ0) is 17.4. The highest BCUT2D eigenvalue weighted by Crippen LogP contribution is 2.33. The molecule has 0 bridgehead atoms. The molecule has 0 N–H and O–H groups in total. The molecule has 1 aliphatic heterocycles. The molecule has 0 saturated carbocycles. The van der Waals surface area contributed by atoms with Gasteiger partial charge in [-0.1, -0.05) is 27.2 Å². The van der Waals surface area contributed by atoms with E-state index in [1.54, 1.807) is 4.90 Å². The van der Waals surface area contributed by atoms with Gasteiger partial charge in [0.05, 0.1) is 5.69 Å². The Labute approximate surface area is 152 Å². The van der Waals surface area contributed by atoms with Gasteiger partial charge in [-0.2, -0.15) is 4.98 Å². The monoisotopic (exact) mass is 399 g/mol. The second kappa shape index (κ2) is 6.33. The topological polar surface area (TPSA) is 68.5 Å². The first-order valence-corrected chi connectivity index (χ1v) is 8.52. The fourth-order valence-electron chi connectivity index (χ4n) is 2.66. The molecule has 0 saturated heterocycles. The largest absolute Gasteiger partial charge is 0.482 e. The first kappa shape index (κ1) is 15.8. The molecular weight excluding hydrogens is 386 g/mol. The van der Waals surface area contributed by atoms with Gasteiger partial charge in [0.25, 0.3) is 5.91 Å². The Morgan fingerprint density at radius 2 is 2.00 bits per heavy atom. The van der Waals surface area contributed by atoms with Crippen molar-refractivity contribution in [3.8, 4) is 17.1 Å². The maximum absolute atomic E-state index is 12.3. The van der Waals surface area contributed by atoms with Crippen molar-refractivity contribution < 1.29 is 14.1 Å². The number of aryl methyl sites for hydroxylation is 1. The van der Waals surface area contributed by atoms with Crippen LogP contribution in [0.25, 0.3) is 11.4 Å². The van der Waals surface area contributed by atoms with E-state index in [9.17, 15) is 4.79 Å². The lowest BCUT2D eigenvalue weighted by molar-refractivity contribution is -0.121. The van der Waals surface area contributed by atoms with Crippen molar-refractivity contribution in [1.29, 1.82) is 0 Å². The number of hydrogen-bond donors (Lipinski definition) is 0. The third-order valence-electron chi connectivity index (χ3n) is 3.92. The maximum atomic E-state index is 12.3. The van der Waals surface area contributed by atoms with Crippen LogP contribution in [0.5, 0.6) is 5.75 Å². The standard InChI is InChI=1S/C18H14BrN3O3/c1-11-2-7-15-14(8-11)22(17(23)10-24-15)9-16-20-18(21-25-16)12-3-5-13(19)6-4-12/h2-8H,9-10H2,1H3. The lowest BCUT2D eigenvalue weighted by Gasteiger charge is -2.28. The third-order valence-corrected chi connectivity index (χ3v) is 4.45. The molecule has 1 amide bonds. The summed E-state index contributed by atoms with van der Waals surface area (Å²) in [6, 6.07) is 13.4. The fraction of sp³-hybridized carbons (Fsp3) is 0.167. The van der Waals surface area contributed by atoms with E-state index in [0.29, 0.717) is 17.5 Å². The quantitative estimate of drug-likeness (QED) is 0.670. The predicted octanol–water partition coefficient (Wildman–Crippen LogP) is 3.73. The average Bonchev–Trinajstić information content (AvgIpc) is 3.07. The Morgan fingerprint density at radius 1 is 1.20 bits per heavy atom. The molecule has 25 heavy (non-hydrogen) atoms. The Morgan fingerprint density at radius 3 is 2.80 bits per heavy atom. The molecule has 1 aliphatic rings. The highest BCUT2D eigenvalue weighted by atomic mass is 79.9. The van der Waals surface area contributed by atoms with Gasteiger partial charge in [-0.25, -0.2) is 0 Å². The van der Waals surface area contributed by atoms with Crippen LogP contribution >= 0.6 is 15.9 Å². The summed E-state index contributed by atoms with van der Waals surface area (Å²) in [5.41, 5.74) is 2.62. The molecule has 7 heteroatoms. The number of carbonyl (C=O) groups is 1. The summed E-state index contributed by atoms with van der Waals surface area (Å²) in [6.45, 7) is 2.18. The Balaban J connectivity index is 1.62. The van der Waals surface area contributed by atoms with Crippen LogP contribution in [-0.2, 0) is 11.3 Å². The molecule has 0 atom stereocenters. The predicted molar refractivity (Wildman–Crippen MR) is 95.3 cm³/mol. The summed E-state index contributed by atoms with van der Waals surface area (Å²) in [5, 5.41) is 4.01. The van der Waals surface area contributed by atoms with Gasteiger partial charge in [-0.15, -0.1) is 0 Å². The van der Waals surface area contributed by atoms with Crippen LogP contribution in [0.2, 0.25) is 0 Å². The molecule has 2 heterocycles. The van der Waals surface area contributed by atoms with E-state index in [-0.39, 0.29) is 19.1 Å². The summed E-state index contributed by atoms with van der Waals surface area (Å²) >= 11 is 3.40. The molecule has 2 aromatic carbocycles. The molecule has 0 spiro atoms. The van der Waals surface area contributed by atoms with E-state index in [2.05, 4.69) is 26.1 Å². The van der Waals surface area contributed by atoms with Gasteiger partial charge in [-0.05, 0) is 48.9 Å². The summed E-state index contributed by atoms with van der Waals surface area (Å²) in [5.74, 6) is 1.41. The van der Waals surface area contributed by atoms with E-state index >= 15 is 0 Å². The second-order valence-corrected chi connectivity index (χ2v) is 6.67. The number of rotatable bonds is 3. The summed E-state index contributed by atoms with van der Waals surface area (Å²) in [4.78, 5) is 18.3. The number of nitrogens with zero attached hydrogens (tertiary/aromatic N) is 3. The number of aromatic nitrogens is 2. The molecule has 0 aliphatic carbocycles. The molecule has 6 nitrogen and oxygen atoms in total. The number of carbonyl (C=O) groups excluding carboxylic acids is 1. The van der Waals surface area contributed by atoms with Gasteiger partial charge >= 0.3 is 0 Å². The SMILES string of the molecule is Cc1ccc2c(c1)N(Cc1nc(-c3ccc(Br)cc3)no1)C(=O)CO2. The van der Waals surface area contributed by atoms with Crippen LogP contribution in [0.1, 0.15) is 11.5 Å². The number of amides is 1. The first-order valence-electron chi connectivity index (χ1n) is 7.72.